The van der Waals surface area contributed by atoms with Crippen LogP contribution in [0.5, 0.6) is 0 Å². The summed E-state index contributed by atoms with van der Waals surface area (Å²) in [5, 5.41) is 13.3. The van der Waals surface area contributed by atoms with Crippen molar-refractivity contribution in [3.05, 3.63) is 78.2 Å². The molecule has 0 radical (unpaired) electrons. The predicted molar refractivity (Wildman–Crippen MR) is 123 cm³/mol. The second-order valence-electron chi connectivity index (χ2n) is 7.21. The van der Waals surface area contributed by atoms with E-state index in [1.165, 1.54) is 16.3 Å². The number of benzene rings is 2. The van der Waals surface area contributed by atoms with E-state index in [9.17, 15) is 0 Å². The molecule has 7 nitrogen and oxygen atoms in total. The number of guanidine groups is 1. The Balaban J connectivity index is 1.39. The number of hydrogen-bond donors (Lipinski definition) is 2. The van der Waals surface area contributed by atoms with Crippen LogP contribution in [0, 0.1) is 0 Å². The minimum Gasteiger partial charge on any atom is -0.357 e. The highest BCUT2D eigenvalue weighted by Gasteiger charge is 2.11. The third kappa shape index (κ3) is 5.25. The average Bonchev–Trinajstić information content (AvgIpc) is 3.28. The van der Waals surface area contributed by atoms with Crippen molar-refractivity contribution in [2.24, 2.45) is 4.99 Å². The summed E-state index contributed by atoms with van der Waals surface area (Å²) >= 11 is 0. The molecular formula is C24H26N6O. The third-order valence-electron chi connectivity index (χ3n) is 4.93. The van der Waals surface area contributed by atoms with Crippen LogP contribution in [0.15, 0.2) is 76.4 Å². The number of rotatable bonds is 7. The molecule has 0 aliphatic rings. The Morgan fingerprint density at radius 2 is 1.90 bits per heavy atom. The minimum atomic E-state index is 0.114. The lowest BCUT2D eigenvalue weighted by molar-refractivity contribution is 0.421. The molecular weight excluding hydrogens is 388 g/mol. The molecule has 0 aliphatic heterocycles. The highest BCUT2D eigenvalue weighted by Crippen LogP contribution is 2.20. The molecule has 2 aromatic heterocycles. The molecule has 0 spiro atoms. The SMILES string of the molecule is CCNC(=NCCc1noc(-c2ccccn2)n1)NC(C)c1ccc2ccccc2c1. The summed E-state index contributed by atoms with van der Waals surface area (Å²) in [6.45, 7) is 5.51. The van der Waals surface area contributed by atoms with Crippen molar-refractivity contribution in [2.75, 3.05) is 13.1 Å². The molecule has 7 heteroatoms. The highest BCUT2D eigenvalue weighted by atomic mass is 16.5. The molecule has 0 amide bonds. The van der Waals surface area contributed by atoms with Crippen molar-refractivity contribution in [3.8, 4) is 11.6 Å². The number of pyridine rings is 1. The standard InChI is InChI=1S/C24H26N6O/c1-3-25-24(28-17(2)19-12-11-18-8-4-5-9-20(18)16-19)27-15-13-22-29-23(31-30-22)21-10-6-7-14-26-21/h4-12,14,16-17H,3,13,15H2,1-2H3,(H2,25,27,28). The maximum atomic E-state index is 5.31. The molecule has 0 saturated heterocycles. The molecule has 158 valence electrons. The van der Waals surface area contributed by atoms with Gasteiger partial charge in [-0.15, -0.1) is 0 Å². The summed E-state index contributed by atoms with van der Waals surface area (Å²) in [6, 6.07) is 20.6. The number of nitrogens with zero attached hydrogens (tertiary/aromatic N) is 4. The van der Waals surface area contributed by atoms with E-state index in [-0.39, 0.29) is 6.04 Å². The molecule has 0 fully saturated rings. The van der Waals surface area contributed by atoms with E-state index in [1.54, 1.807) is 6.20 Å². The van der Waals surface area contributed by atoms with Gasteiger partial charge < -0.3 is 15.2 Å². The van der Waals surface area contributed by atoms with Gasteiger partial charge in [0.1, 0.15) is 5.69 Å². The van der Waals surface area contributed by atoms with Crippen LogP contribution >= 0.6 is 0 Å². The van der Waals surface area contributed by atoms with Gasteiger partial charge in [0.15, 0.2) is 11.8 Å². The van der Waals surface area contributed by atoms with E-state index < -0.39 is 0 Å². The Morgan fingerprint density at radius 1 is 1.06 bits per heavy atom. The van der Waals surface area contributed by atoms with Crippen LogP contribution in [0.2, 0.25) is 0 Å². The second-order valence-corrected chi connectivity index (χ2v) is 7.21. The number of fused-ring (bicyclic) bond motifs is 1. The maximum absolute atomic E-state index is 5.31. The summed E-state index contributed by atoms with van der Waals surface area (Å²) in [7, 11) is 0. The quantitative estimate of drug-likeness (QED) is 0.349. The summed E-state index contributed by atoms with van der Waals surface area (Å²) in [6.07, 6.45) is 2.28. The molecule has 31 heavy (non-hydrogen) atoms. The van der Waals surface area contributed by atoms with Crippen molar-refractivity contribution < 1.29 is 4.52 Å². The Morgan fingerprint density at radius 3 is 2.71 bits per heavy atom. The van der Waals surface area contributed by atoms with Gasteiger partial charge in [0.2, 0.25) is 0 Å². The first-order valence-corrected chi connectivity index (χ1v) is 10.5. The second kappa shape index (κ2) is 9.84. The fourth-order valence-corrected chi connectivity index (χ4v) is 3.30. The van der Waals surface area contributed by atoms with Gasteiger partial charge >= 0.3 is 0 Å². The number of aliphatic imine (C=N–C) groups is 1. The monoisotopic (exact) mass is 414 g/mol. The van der Waals surface area contributed by atoms with Gasteiger partial charge in [-0.05, 0) is 48.4 Å². The zero-order valence-electron chi connectivity index (χ0n) is 17.7. The first-order chi connectivity index (χ1) is 15.2. The van der Waals surface area contributed by atoms with E-state index in [4.69, 9.17) is 4.52 Å². The van der Waals surface area contributed by atoms with Crippen molar-refractivity contribution in [1.29, 1.82) is 0 Å². The minimum absolute atomic E-state index is 0.114. The van der Waals surface area contributed by atoms with Crippen LogP contribution in [0.3, 0.4) is 0 Å². The summed E-state index contributed by atoms with van der Waals surface area (Å²) < 4.78 is 5.31. The summed E-state index contributed by atoms with van der Waals surface area (Å²) in [5.41, 5.74) is 1.88. The lowest BCUT2D eigenvalue weighted by atomic mass is 10.0. The van der Waals surface area contributed by atoms with Gasteiger partial charge in [-0.1, -0.05) is 47.6 Å². The lowest BCUT2D eigenvalue weighted by Gasteiger charge is -2.18. The Labute approximate surface area is 181 Å². The van der Waals surface area contributed by atoms with Crippen molar-refractivity contribution in [1.82, 2.24) is 25.8 Å². The van der Waals surface area contributed by atoms with E-state index in [2.05, 4.69) is 87.1 Å². The zero-order valence-corrected chi connectivity index (χ0v) is 17.7. The molecule has 2 N–H and O–H groups in total. The average molecular weight is 415 g/mol. The van der Waals surface area contributed by atoms with E-state index in [0.717, 1.165) is 12.5 Å². The Bertz CT molecular complexity index is 1150. The van der Waals surface area contributed by atoms with Crippen LogP contribution in [0.4, 0.5) is 0 Å². The largest absolute Gasteiger partial charge is 0.357 e. The molecule has 0 saturated carbocycles. The highest BCUT2D eigenvalue weighted by molar-refractivity contribution is 5.84. The Kier molecular flexibility index (Phi) is 6.52. The van der Waals surface area contributed by atoms with E-state index in [1.807, 2.05) is 18.2 Å². The first-order valence-electron chi connectivity index (χ1n) is 10.5. The zero-order chi connectivity index (χ0) is 21.5. The van der Waals surface area contributed by atoms with Gasteiger partial charge in [-0.25, -0.2) is 0 Å². The summed E-state index contributed by atoms with van der Waals surface area (Å²) in [5.74, 6) is 1.80. The van der Waals surface area contributed by atoms with Crippen molar-refractivity contribution >= 4 is 16.7 Å². The molecule has 0 bridgehead atoms. The smallest absolute Gasteiger partial charge is 0.276 e. The first kappa shape index (κ1) is 20.5. The predicted octanol–water partition coefficient (Wildman–Crippen LogP) is 4.14. The topological polar surface area (TPSA) is 88.2 Å². The van der Waals surface area contributed by atoms with E-state index in [0.29, 0.717) is 30.4 Å². The molecule has 0 aliphatic carbocycles. The Hall–Kier alpha value is -3.74. The van der Waals surface area contributed by atoms with Crippen molar-refractivity contribution in [3.63, 3.8) is 0 Å². The number of nitrogens with one attached hydrogen (secondary N) is 2. The molecule has 2 aromatic carbocycles. The molecule has 1 unspecified atom stereocenters. The molecule has 2 heterocycles. The maximum Gasteiger partial charge on any atom is 0.276 e. The van der Waals surface area contributed by atoms with Crippen LogP contribution in [0.1, 0.15) is 31.3 Å². The number of aromatic nitrogens is 3. The fraction of sp³-hybridized carbons (Fsp3) is 0.250. The van der Waals surface area contributed by atoms with Gasteiger partial charge in [0.25, 0.3) is 5.89 Å². The van der Waals surface area contributed by atoms with Crippen LogP contribution in [-0.4, -0.2) is 34.2 Å². The van der Waals surface area contributed by atoms with Crippen LogP contribution < -0.4 is 10.6 Å². The van der Waals surface area contributed by atoms with Gasteiger partial charge in [0, 0.05) is 25.7 Å². The normalized spacial score (nSPS) is 12.6. The number of hydrogen-bond acceptors (Lipinski definition) is 5. The third-order valence-corrected chi connectivity index (χ3v) is 4.93. The van der Waals surface area contributed by atoms with Crippen molar-refractivity contribution in [2.45, 2.75) is 26.3 Å². The van der Waals surface area contributed by atoms with E-state index >= 15 is 0 Å². The molecule has 4 aromatic rings. The summed E-state index contributed by atoms with van der Waals surface area (Å²) in [4.78, 5) is 13.3. The van der Waals surface area contributed by atoms with Crippen LogP contribution in [-0.2, 0) is 6.42 Å². The fourth-order valence-electron chi connectivity index (χ4n) is 3.30. The van der Waals surface area contributed by atoms with Crippen LogP contribution in [0.25, 0.3) is 22.4 Å². The molecule has 1 atom stereocenters. The van der Waals surface area contributed by atoms with Gasteiger partial charge in [-0.2, -0.15) is 4.98 Å². The molecule has 4 rings (SSSR count). The van der Waals surface area contributed by atoms with Gasteiger partial charge in [-0.3, -0.25) is 9.98 Å². The lowest BCUT2D eigenvalue weighted by Crippen LogP contribution is -2.38. The van der Waals surface area contributed by atoms with Gasteiger partial charge in [0.05, 0.1) is 6.04 Å².